The molecule has 2 aromatic carbocycles. The van der Waals surface area contributed by atoms with Gasteiger partial charge < -0.3 is 15.3 Å². The third-order valence-electron chi connectivity index (χ3n) is 6.16. The topological polar surface area (TPSA) is 69.6 Å². The monoisotopic (exact) mass is 392 g/mol. The molecular formula is C24H28N2O3. The van der Waals surface area contributed by atoms with Gasteiger partial charge in [-0.25, -0.2) is 0 Å². The van der Waals surface area contributed by atoms with Crippen molar-refractivity contribution < 1.29 is 14.7 Å². The van der Waals surface area contributed by atoms with Crippen molar-refractivity contribution in [2.45, 2.75) is 44.2 Å². The molecular weight excluding hydrogens is 364 g/mol. The molecule has 152 valence electrons. The number of amides is 2. The van der Waals surface area contributed by atoms with E-state index in [9.17, 15) is 14.7 Å². The lowest BCUT2D eigenvalue weighted by Crippen LogP contribution is -2.68. The predicted molar refractivity (Wildman–Crippen MR) is 112 cm³/mol. The summed E-state index contributed by atoms with van der Waals surface area (Å²) in [5.74, 6) is 0.258. The Morgan fingerprint density at radius 2 is 1.66 bits per heavy atom. The highest BCUT2D eigenvalue weighted by atomic mass is 16.3. The van der Waals surface area contributed by atoms with Crippen LogP contribution in [0.15, 0.2) is 54.6 Å². The van der Waals surface area contributed by atoms with Crippen LogP contribution < -0.4 is 5.32 Å². The first kappa shape index (κ1) is 19.6. The first-order valence-electron chi connectivity index (χ1n) is 10.5. The molecule has 1 heterocycles. The van der Waals surface area contributed by atoms with E-state index < -0.39 is 0 Å². The number of aliphatic hydroxyl groups excluding tert-OH is 1. The lowest BCUT2D eigenvalue weighted by atomic mass is 9.74. The normalized spacial score (nSPS) is 23.4. The van der Waals surface area contributed by atoms with Crippen LogP contribution in [0.4, 0.5) is 0 Å². The maximum Gasteiger partial charge on any atom is 0.223 e. The number of hydrogen-bond donors (Lipinski definition) is 2. The minimum Gasteiger partial charge on any atom is -0.394 e. The van der Waals surface area contributed by atoms with Crippen LogP contribution in [0.2, 0.25) is 0 Å². The molecule has 1 aliphatic carbocycles. The van der Waals surface area contributed by atoms with E-state index in [2.05, 4.69) is 41.7 Å². The minimum absolute atomic E-state index is 0.0137. The highest BCUT2D eigenvalue weighted by Crippen LogP contribution is 2.41. The second kappa shape index (κ2) is 8.37. The van der Waals surface area contributed by atoms with Crippen molar-refractivity contribution in [2.75, 3.05) is 13.2 Å². The number of aliphatic hydroxyl groups is 1. The van der Waals surface area contributed by atoms with Crippen LogP contribution in [0.5, 0.6) is 0 Å². The zero-order valence-electron chi connectivity index (χ0n) is 16.8. The van der Waals surface area contributed by atoms with Crippen LogP contribution >= 0.6 is 0 Å². The Bertz CT molecular complexity index is 861. The third-order valence-corrected chi connectivity index (χ3v) is 6.16. The summed E-state index contributed by atoms with van der Waals surface area (Å²) in [6, 6.07) is 18.2. The Labute approximate surface area is 171 Å². The fraction of sp³-hybridized carbons (Fsp3) is 0.417. The summed E-state index contributed by atoms with van der Waals surface area (Å²) in [5.41, 5.74) is 3.38. The maximum absolute atomic E-state index is 12.5. The highest BCUT2D eigenvalue weighted by Gasteiger charge is 2.50. The summed E-state index contributed by atoms with van der Waals surface area (Å²) < 4.78 is 0. The lowest BCUT2D eigenvalue weighted by molar-refractivity contribution is -0.150. The molecule has 0 unspecified atom stereocenters. The van der Waals surface area contributed by atoms with Crippen molar-refractivity contribution in [3.8, 4) is 11.1 Å². The number of carbonyl (C=O) groups excluding carboxylic acids is 2. The van der Waals surface area contributed by atoms with E-state index in [4.69, 9.17) is 0 Å². The number of hydrogen-bond acceptors (Lipinski definition) is 3. The van der Waals surface area contributed by atoms with Crippen LogP contribution in [-0.4, -0.2) is 47.1 Å². The molecule has 0 spiro atoms. The second-order valence-electron chi connectivity index (χ2n) is 8.01. The van der Waals surface area contributed by atoms with Crippen LogP contribution in [0.3, 0.4) is 0 Å². The van der Waals surface area contributed by atoms with Gasteiger partial charge in [-0.3, -0.25) is 9.59 Å². The zero-order chi connectivity index (χ0) is 20.4. The maximum atomic E-state index is 12.5. The van der Waals surface area contributed by atoms with Gasteiger partial charge in [-0.15, -0.1) is 0 Å². The molecule has 29 heavy (non-hydrogen) atoms. The van der Waals surface area contributed by atoms with Gasteiger partial charge in [0.1, 0.15) is 0 Å². The van der Waals surface area contributed by atoms with Gasteiger partial charge in [-0.1, -0.05) is 61.5 Å². The number of carbonyl (C=O) groups is 2. The van der Waals surface area contributed by atoms with Gasteiger partial charge in [0.25, 0.3) is 0 Å². The highest BCUT2D eigenvalue weighted by molar-refractivity contribution is 5.81. The summed E-state index contributed by atoms with van der Waals surface area (Å²) in [6.45, 7) is 2.19. The average Bonchev–Trinajstić information content (AvgIpc) is 3.59. The summed E-state index contributed by atoms with van der Waals surface area (Å²) in [5, 5.41) is 13.0. The van der Waals surface area contributed by atoms with Gasteiger partial charge in [-0.2, -0.15) is 0 Å². The molecule has 1 saturated heterocycles. The molecule has 2 N–H and O–H groups in total. The van der Waals surface area contributed by atoms with Crippen molar-refractivity contribution in [3.05, 3.63) is 60.2 Å². The molecule has 0 radical (unpaired) electrons. The number of rotatable bonds is 7. The first-order chi connectivity index (χ1) is 14.1. The smallest absolute Gasteiger partial charge is 0.223 e. The summed E-state index contributed by atoms with van der Waals surface area (Å²) in [6.07, 6.45) is 2.30. The molecule has 2 aromatic rings. The Kier molecular flexibility index (Phi) is 5.67. The van der Waals surface area contributed by atoms with Gasteiger partial charge in [-0.05, 0) is 29.5 Å². The van der Waals surface area contributed by atoms with Crippen LogP contribution in [-0.2, 0) is 9.59 Å². The van der Waals surface area contributed by atoms with Crippen LogP contribution in [0.1, 0.15) is 37.7 Å². The van der Waals surface area contributed by atoms with Crippen molar-refractivity contribution >= 4 is 11.8 Å². The van der Waals surface area contributed by atoms with Gasteiger partial charge in [0.15, 0.2) is 0 Å². The van der Waals surface area contributed by atoms with E-state index in [1.54, 1.807) is 4.90 Å². The molecule has 0 bridgehead atoms. The van der Waals surface area contributed by atoms with E-state index >= 15 is 0 Å². The van der Waals surface area contributed by atoms with E-state index in [-0.39, 0.29) is 42.3 Å². The fourth-order valence-corrected chi connectivity index (χ4v) is 4.39. The van der Waals surface area contributed by atoms with Crippen molar-refractivity contribution in [1.82, 2.24) is 10.2 Å². The number of nitrogens with one attached hydrogen (secondary N) is 1. The summed E-state index contributed by atoms with van der Waals surface area (Å²) >= 11 is 0. The number of benzene rings is 2. The van der Waals surface area contributed by atoms with E-state index in [0.717, 1.165) is 29.5 Å². The molecule has 0 aromatic heterocycles. The molecule has 3 atom stereocenters. The molecule has 2 fully saturated rings. The van der Waals surface area contributed by atoms with Gasteiger partial charge in [0.05, 0.1) is 18.7 Å². The van der Waals surface area contributed by atoms with Gasteiger partial charge >= 0.3 is 0 Å². The lowest BCUT2D eigenvalue weighted by Gasteiger charge is -2.55. The Hall–Kier alpha value is -2.66. The van der Waals surface area contributed by atoms with E-state index in [0.29, 0.717) is 13.0 Å². The fourth-order valence-electron chi connectivity index (χ4n) is 4.39. The van der Waals surface area contributed by atoms with Crippen molar-refractivity contribution in [3.63, 3.8) is 0 Å². The predicted octanol–water partition coefficient (Wildman–Crippen LogP) is 2.95. The molecule has 1 saturated carbocycles. The second-order valence-corrected chi connectivity index (χ2v) is 8.01. The van der Waals surface area contributed by atoms with Crippen molar-refractivity contribution in [2.24, 2.45) is 5.92 Å². The Morgan fingerprint density at radius 1 is 1.00 bits per heavy atom. The van der Waals surface area contributed by atoms with Crippen LogP contribution in [0, 0.1) is 5.92 Å². The molecule has 5 nitrogen and oxygen atoms in total. The minimum atomic E-state index is -0.243. The molecule has 2 aliphatic rings. The average molecular weight is 392 g/mol. The first-order valence-corrected chi connectivity index (χ1v) is 10.5. The molecule has 5 heteroatoms. The summed E-state index contributed by atoms with van der Waals surface area (Å²) in [7, 11) is 0. The number of likely N-dealkylation sites (tertiary alicyclic amines) is 1. The van der Waals surface area contributed by atoms with Crippen LogP contribution in [0.25, 0.3) is 11.1 Å². The Morgan fingerprint density at radius 3 is 2.24 bits per heavy atom. The van der Waals surface area contributed by atoms with Crippen molar-refractivity contribution in [1.29, 1.82) is 0 Å². The Balaban J connectivity index is 1.55. The van der Waals surface area contributed by atoms with E-state index in [1.807, 2.05) is 25.1 Å². The molecule has 2 amide bonds. The SMILES string of the molecule is CCC(=O)N1[C@H](CO)[C@H](c2ccc(-c3ccccc3)cc2)[C@@H]1CNC(=O)C1CC1. The summed E-state index contributed by atoms with van der Waals surface area (Å²) in [4.78, 5) is 26.4. The molecule has 1 aliphatic heterocycles. The zero-order valence-corrected chi connectivity index (χ0v) is 16.8. The van der Waals surface area contributed by atoms with E-state index in [1.165, 1.54) is 0 Å². The quantitative estimate of drug-likeness (QED) is 0.761. The number of nitrogens with zero attached hydrogens (tertiary/aromatic N) is 1. The molecule has 4 rings (SSSR count). The standard InChI is InChI=1S/C24H28N2O3/c1-2-22(28)26-20(14-25-24(29)19-12-13-19)23(21(26)15-27)18-10-8-17(9-11-18)16-6-4-3-5-7-16/h3-11,19-21,23,27H,2,12-15H2,1H3,(H,25,29)/t20-,21+,23+/m0/s1. The van der Waals surface area contributed by atoms with Gasteiger partial charge in [0.2, 0.25) is 11.8 Å². The largest absolute Gasteiger partial charge is 0.394 e. The third kappa shape index (κ3) is 3.92. The van der Waals surface area contributed by atoms with Gasteiger partial charge in [0, 0.05) is 24.8 Å².